The lowest BCUT2D eigenvalue weighted by Crippen LogP contribution is -2.38. The molecule has 244 valence electrons. The molecule has 0 saturated carbocycles. The van der Waals surface area contributed by atoms with Gasteiger partial charge in [0.1, 0.15) is 29.6 Å². The fourth-order valence-corrected chi connectivity index (χ4v) is 6.31. The van der Waals surface area contributed by atoms with Gasteiger partial charge in [0, 0.05) is 40.6 Å². The van der Waals surface area contributed by atoms with E-state index in [4.69, 9.17) is 39.0 Å². The van der Waals surface area contributed by atoms with Crippen LogP contribution in [-0.4, -0.2) is 85.1 Å². The fourth-order valence-electron chi connectivity index (χ4n) is 5.68. The highest BCUT2D eigenvalue weighted by atomic mass is 28.3. The summed E-state index contributed by atoms with van der Waals surface area (Å²) in [5.41, 5.74) is 4.75. The maximum atomic E-state index is 6.26. The lowest BCUT2D eigenvalue weighted by atomic mass is 10.2. The van der Waals surface area contributed by atoms with Crippen molar-refractivity contribution in [3.63, 3.8) is 0 Å². The Labute approximate surface area is 271 Å². The number of benzene rings is 2. The van der Waals surface area contributed by atoms with Crippen LogP contribution in [0, 0.1) is 0 Å². The Hall–Kier alpha value is -4.20. The van der Waals surface area contributed by atoms with Crippen molar-refractivity contribution >= 4 is 37.4 Å². The van der Waals surface area contributed by atoms with Crippen molar-refractivity contribution in [2.75, 3.05) is 56.9 Å². The average Bonchev–Trinajstić information content (AvgIpc) is 3.67. The normalized spacial score (nSPS) is 13.7. The van der Waals surface area contributed by atoms with E-state index in [9.17, 15) is 0 Å². The molecule has 6 rings (SSSR count). The van der Waals surface area contributed by atoms with Gasteiger partial charge in [-0.1, -0.05) is 38.2 Å². The van der Waals surface area contributed by atoms with Crippen LogP contribution in [0.3, 0.4) is 0 Å². The number of rotatable bonds is 14. The molecule has 0 aliphatic carbocycles. The van der Waals surface area contributed by atoms with Gasteiger partial charge in [-0.05, 0) is 42.3 Å². The third kappa shape index (κ3) is 6.81. The van der Waals surface area contributed by atoms with E-state index in [2.05, 4.69) is 46.5 Å². The van der Waals surface area contributed by atoms with E-state index in [1.54, 1.807) is 14.2 Å². The minimum Gasteiger partial charge on any atom is -0.497 e. The van der Waals surface area contributed by atoms with Crippen LogP contribution in [0.5, 0.6) is 11.5 Å². The lowest BCUT2D eigenvalue weighted by molar-refractivity contribution is 0.0879. The number of para-hydroxylation sites is 1. The van der Waals surface area contributed by atoms with Crippen molar-refractivity contribution in [1.82, 2.24) is 29.1 Å². The predicted molar refractivity (Wildman–Crippen MR) is 182 cm³/mol. The molecule has 1 fully saturated rings. The van der Waals surface area contributed by atoms with Crippen LogP contribution in [0.15, 0.2) is 48.7 Å². The molecule has 4 heterocycles. The van der Waals surface area contributed by atoms with Gasteiger partial charge in [-0.3, -0.25) is 4.57 Å². The monoisotopic (exact) mass is 644 g/mol. The van der Waals surface area contributed by atoms with Crippen LogP contribution in [0.25, 0.3) is 16.7 Å². The van der Waals surface area contributed by atoms with Crippen molar-refractivity contribution in [1.29, 1.82) is 0 Å². The number of methoxy groups -OCH3 is 2. The molecule has 5 aromatic rings. The van der Waals surface area contributed by atoms with Crippen LogP contribution in [0.1, 0.15) is 23.9 Å². The van der Waals surface area contributed by atoms with Gasteiger partial charge >= 0.3 is 0 Å². The summed E-state index contributed by atoms with van der Waals surface area (Å²) in [4.78, 5) is 19.7. The summed E-state index contributed by atoms with van der Waals surface area (Å²) in [5.74, 6) is 3.79. The number of aryl methyl sites for hydroxylation is 1. The number of fused-ring (bicyclic) bond motifs is 2. The van der Waals surface area contributed by atoms with E-state index >= 15 is 0 Å². The Bertz CT molecular complexity index is 1750. The van der Waals surface area contributed by atoms with Gasteiger partial charge in [0.2, 0.25) is 11.9 Å². The minimum absolute atomic E-state index is 0.379. The SMILES string of the molecule is CCc1cnn2c(N(Cc3ccc(OC)cc3)Cc3nc4cccc(OC)c4n3COCC[SiH](C)C)nc(N3CCOCC3)nc12. The first-order valence-electron chi connectivity index (χ1n) is 16.0. The molecule has 0 N–H and O–H groups in total. The molecular formula is C33H44N8O4Si. The molecule has 13 heteroatoms. The largest absolute Gasteiger partial charge is 0.497 e. The molecule has 12 nitrogen and oxygen atoms in total. The number of hydrogen-bond acceptors (Lipinski definition) is 10. The zero-order valence-electron chi connectivity index (χ0n) is 27.5. The molecule has 0 radical (unpaired) electrons. The maximum Gasteiger partial charge on any atom is 0.232 e. The third-order valence-electron chi connectivity index (χ3n) is 8.32. The third-order valence-corrected chi connectivity index (χ3v) is 9.71. The fraction of sp³-hybridized carbons (Fsp3) is 0.455. The van der Waals surface area contributed by atoms with Gasteiger partial charge in [0.05, 0.1) is 45.7 Å². The average molecular weight is 645 g/mol. The predicted octanol–water partition coefficient (Wildman–Crippen LogP) is 4.56. The van der Waals surface area contributed by atoms with E-state index in [1.165, 1.54) is 0 Å². The first-order valence-corrected chi connectivity index (χ1v) is 19.2. The zero-order chi connectivity index (χ0) is 32.0. The van der Waals surface area contributed by atoms with Gasteiger partial charge in [0.15, 0.2) is 5.65 Å². The first-order chi connectivity index (χ1) is 22.5. The number of anilines is 2. The molecule has 1 saturated heterocycles. The summed E-state index contributed by atoms with van der Waals surface area (Å²) < 4.78 is 27.2. The zero-order valence-corrected chi connectivity index (χ0v) is 28.6. The van der Waals surface area contributed by atoms with Gasteiger partial charge in [-0.25, -0.2) is 4.98 Å². The quantitative estimate of drug-likeness (QED) is 0.126. The molecule has 46 heavy (non-hydrogen) atoms. The van der Waals surface area contributed by atoms with E-state index in [0.717, 1.165) is 77.3 Å². The number of imidazole rings is 1. The highest BCUT2D eigenvalue weighted by molar-refractivity contribution is 6.55. The highest BCUT2D eigenvalue weighted by Gasteiger charge is 2.25. The van der Waals surface area contributed by atoms with Crippen LogP contribution in [-0.2, 0) is 35.7 Å². The Balaban J connectivity index is 1.47. The molecule has 0 unspecified atom stereocenters. The second-order valence-electron chi connectivity index (χ2n) is 11.9. The molecule has 0 spiro atoms. The molecule has 0 amide bonds. The van der Waals surface area contributed by atoms with Crippen molar-refractivity contribution in [3.8, 4) is 11.5 Å². The molecular weight excluding hydrogens is 601 g/mol. The van der Waals surface area contributed by atoms with Gasteiger partial charge in [-0.15, -0.1) is 0 Å². The smallest absolute Gasteiger partial charge is 0.232 e. The molecule has 2 aromatic carbocycles. The Morgan fingerprint density at radius 3 is 2.48 bits per heavy atom. The van der Waals surface area contributed by atoms with E-state index in [-0.39, 0.29) is 0 Å². The second-order valence-corrected chi connectivity index (χ2v) is 15.3. The lowest BCUT2D eigenvalue weighted by Gasteiger charge is -2.29. The van der Waals surface area contributed by atoms with Crippen molar-refractivity contribution < 1.29 is 18.9 Å². The van der Waals surface area contributed by atoms with E-state index in [1.807, 2.05) is 41.0 Å². The Morgan fingerprint density at radius 2 is 1.76 bits per heavy atom. The van der Waals surface area contributed by atoms with Gasteiger partial charge in [0.25, 0.3) is 0 Å². The van der Waals surface area contributed by atoms with E-state index < -0.39 is 8.80 Å². The molecule has 1 aliphatic rings. The topological polar surface area (TPSA) is 104 Å². The number of hydrogen-bond donors (Lipinski definition) is 0. The number of morpholine rings is 1. The molecule has 0 atom stereocenters. The summed E-state index contributed by atoms with van der Waals surface area (Å²) in [6.45, 7) is 11.7. The second kappa shape index (κ2) is 14.5. The standard InChI is InChI=1S/C33H44N8O4Si/c1-6-25-20-34-41-31(25)36-32(38-14-16-44-17-15-38)37-33(41)39(21-24-10-12-26(42-2)13-11-24)22-29-35-27-8-7-9-28(43-3)30(27)40(29)23-45-18-19-46(4)5/h7-13,20,46H,6,14-19,21-23H2,1-5H3. The summed E-state index contributed by atoms with van der Waals surface area (Å²) in [7, 11) is 2.64. The Kier molecular flexibility index (Phi) is 10.0. The summed E-state index contributed by atoms with van der Waals surface area (Å²) >= 11 is 0. The maximum absolute atomic E-state index is 6.26. The summed E-state index contributed by atoms with van der Waals surface area (Å²) in [6.07, 6.45) is 2.71. The minimum atomic E-state index is -0.739. The van der Waals surface area contributed by atoms with Crippen molar-refractivity contribution in [2.45, 2.75) is 52.3 Å². The highest BCUT2D eigenvalue weighted by Crippen LogP contribution is 2.30. The molecule has 0 bridgehead atoms. The summed E-state index contributed by atoms with van der Waals surface area (Å²) in [5, 5.41) is 4.80. The van der Waals surface area contributed by atoms with Crippen LogP contribution < -0.4 is 19.3 Å². The van der Waals surface area contributed by atoms with Crippen molar-refractivity contribution in [3.05, 3.63) is 65.6 Å². The Morgan fingerprint density at radius 1 is 0.957 bits per heavy atom. The molecule has 1 aliphatic heterocycles. The van der Waals surface area contributed by atoms with Crippen molar-refractivity contribution in [2.24, 2.45) is 0 Å². The summed E-state index contributed by atoms with van der Waals surface area (Å²) in [6, 6.07) is 15.2. The van der Waals surface area contributed by atoms with Crippen LogP contribution in [0.4, 0.5) is 11.9 Å². The van der Waals surface area contributed by atoms with Crippen LogP contribution in [0.2, 0.25) is 19.1 Å². The van der Waals surface area contributed by atoms with Gasteiger partial charge < -0.3 is 28.7 Å². The van der Waals surface area contributed by atoms with Crippen LogP contribution >= 0.6 is 0 Å². The number of aromatic nitrogens is 6. The molecule has 3 aromatic heterocycles. The van der Waals surface area contributed by atoms with Gasteiger partial charge in [-0.2, -0.15) is 19.6 Å². The first kappa shape index (κ1) is 31.8. The number of ether oxygens (including phenoxy) is 4. The van der Waals surface area contributed by atoms with E-state index in [0.29, 0.717) is 44.9 Å². The number of nitrogens with zero attached hydrogens (tertiary/aromatic N) is 8.